The van der Waals surface area contributed by atoms with Gasteiger partial charge in [-0.25, -0.2) is 4.79 Å². The van der Waals surface area contributed by atoms with Gasteiger partial charge in [0.05, 0.1) is 26.4 Å². The highest BCUT2D eigenvalue weighted by Gasteiger charge is 2.21. The molecule has 1 atom stereocenters. The number of rotatable bonds is 16. The lowest BCUT2D eigenvalue weighted by atomic mass is 9.91. The maximum atomic E-state index is 11.6. The van der Waals surface area contributed by atoms with Crippen LogP contribution in [0.15, 0.2) is 47.1 Å². The van der Waals surface area contributed by atoms with Crippen LogP contribution in [0.4, 0.5) is 0 Å². The summed E-state index contributed by atoms with van der Waals surface area (Å²) in [5.74, 6) is 1.46. The van der Waals surface area contributed by atoms with Crippen molar-refractivity contribution >= 4 is 5.97 Å². The number of esters is 1. The Labute approximate surface area is 219 Å². The van der Waals surface area contributed by atoms with Crippen LogP contribution in [0, 0.1) is 6.92 Å². The summed E-state index contributed by atoms with van der Waals surface area (Å²) in [6.45, 7) is 12.3. The molecular formula is C31H48O5. The zero-order valence-electron chi connectivity index (χ0n) is 23.8. The van der Waals surface area contributed by atoms with Gasteiger partial charge in [-0.3, -0.25) is 0 Å². The molecule has 0 aliphatic heterocycles. The molecule has 1 N–H and O–H groups in total. The summed E-state index contributed by atoms with van der Waals surface area (Å²) in [6.07, 6.45) is 13.3. The Hall–Kier alpha value is -2.53. The Morgan fingerprint density at radius 3 is 2.14 bits per heavy atom. The monoisotopic (exact) mass is 500 g/mol. The summed E-state index contributed by atoms with van der Waals surface area (Å²) in [5, 5.41) is 10.9. The number of aryl methyl sites for hydroxylation is 2. The van der Waals surface area contributed by atoms with Gasteiger partial charge in [-0.05, 0) is 116 Å². The summed E-state index contributed by atoms with van der Waals surface area (Å²) >= 11 is 0. The van der Waals surface area contributed by atoms with E-state index in [1.165, 1.54) is 11.1 Å². The molecule has 0 heterocycles. The Morgan fingerprint density at radius 2 is 1.56 bits per heavy atom. The fourth-order valence-electron chi connectivity index (χ4n) is 4.16. The molecule has 0 saturated carbocycles. The van der Waals surface area contributed by atoms with E-state index in [1.54, 1.807) is 21.1 Å². The zero-order valence-corrected chi connectivity index (χ0v) is 23.8. The van der Waals surface area contributed by atoms with E-state index in [1.807, 2.05) is 39.0 Å². The predicted molar refractivity (Wildman–Crippen MR) is 149 cm³/mol. The number of allylic oxidation sites excluding steroid dienone is 5. The number of hydrogen-bond acceptors (Lipinski definition) is 5. The fraction of sp³-hybridized carbons (Fsp3) is 0.581. The van der Waals surface area contributed by atoms with Crippen LogP contribution in [0.25, 0.3) is 0 Å². The topological polar surface area (TPSA) is 65.0 Å². The SMILES string of the molecule is CCOC(=O)/C(C)=C/CC/C(C)=C/CC/C(C)=C/CC[C@@](C)(O)CCc1cc(OC)cc(C)c1OC. The van der Waals surface area contributed by atoms with Crippen LogP contribution >= 0.6 is 0 Å². The molecule has 0 aromatic heterocycles. The number of hydrogen-bond donors (Lipinski definition) is 1. The minimum atomic E-state index is -0.746. The van der Waals surface area contributed by atoms with Crippen molar-refractivity contribution in [2.24, 2.45) is 0 Å². The van der Waals surface area contributed by atoms with Gasteiger partial charge in [0.1, 0.15) is 11.5 Å². The summed E-state index contributed by atoms with van der Waals surface area (Å²) in [5.41, 5.74) is 4.72. The van der Waals surface area contributed by atoms with Crippen LogP contribution in [0.1, 0.15) is 90.7 Å². The van der Waals surface area contributed by atoms with Crippen molar-refractivity contribution in [1.82, 2.24) is 0 Å². The van der Waals surface area contributed by atoms with Gasteiger partial charge in [-0.15, -0.1) is 0 Å². The van der Waals surface area contributed by atoms with E-state index in [0.717, 1.165) is 67.6 Å². The molecule has 36 heavy (non-hydrogen) atoms. The van der Waals surface area contributed by atoms with Gasteiger partial charge < -0.3 is 19.3 Å². The Morgan fingerprint density at radius 1 is 0.944 bits per heavy atom. The van der Waals surface area contributed by atoms with Crippen molar-refractivity contribution in [3.8, 4) is 11.5 Å². The first-order chi connectivity index (χ1) is 17.0. The van der Waals surface area contributed by atoms with Crippen molar-refractivity contribution < 1.29 is 24.1 Å². The molecule has 0 aliphatic carbocycles. The summed E-state index contributed by atoms with van der Waals surface area (Å²) in [4.78, 5) is 11.6. The highest BCUT2D eigenvalue weighted by Crippen LogP contribution is 2.31. The second-order valence-corrected chi connectivity index (χ2v) is 9.96. The fourth-order valence-corrected chi connectivity index (χ4v) is 4.16. The summed E-state index contributed by atoms with van der Waals surface area (Å²) in [7, 11) is 3.35. The van der Waals surface area contributed by atoms with Gasteiger partial charge in [0, 0.05) is 5.57 Å². The minimum absolute atomic E-state index is 0.228. The number of ether oxygens (including phenoxy) is 3. The summed E-state index contributed by atoms with van der Waals surface area (Å²) in [6, 6.07) is 3.97. The van der Waals surface area contributed by atoms with Gasteiger partial charge in [0.25, 0.3) is 0 Å². The van der Waals surface area contributed by atoms with Crippen LogP contribution in [0.2, 0.25) is 0 Å². The lowest BCUT2D eigenvalue weighted by molar-refractivity contribution is -0.138. The van der Waals surface area contributed by atoms with Crippen LogP contribution < -0.4 is 9.47 Å². The quantitative estimate of drug-likeness (QED) is 0.145. The van der Waals surface area contributed by atoms with Gasteiger partial charge in [-0.1, -0.05) is 29.4 Å². The normalized spacial score (nSPS) is 14.4. The van der Waals surface area contributed by atoms with Gasteiger partial charge in [0.15, 0.2) is 0 Å². The Balaban J connectivity index is 2.47. The number of methoxy groups -OCH3 is 2. The second kappa shape index (κ2) is 16.3. The molecule has 1 rings (SSSR count). The molecule has 1 aromatic carbocycles. The van der Waals surface area contributed by atoms with E-state index >= 15 is 0 Å². The maximum Gasteiger partial charge on any atom is 0.333 e. The average molecular weight is 501 g/mol. The number of benzene rings is 1. The van der Waals surface area contributed by atoms with Crippen molar-refractivity contribution in [2.45, 2.75) is 98.5 Å². The smallest absolute Gasteiger partial charge is 0.333 e. The molecule has 0 spiro atoms. The molecule has 0 radical (unpaired) electrons. The molecule has 5 nitrogen and oxygen atoms in total. The summed E-state index contributed by atoms with van der Waals surface area (Å²) < 4.78 is 16.0. The molecule has 0 aliphatic rings. The third-order valence-electron chi connectivity index (χ3n) is 6.49. The molecular weight excluding hydrogens is 452 g/mol. The molecule has 1 aromatic rings. The van der Waals surface area contributed by atoms with Crippen molar-refractivity contribution in [2.75, 3.05) is 20.8 Å². The van der Waals surface area contributed by atoms with Gasteiger partial charge in [0.2, 0.25) is 0 Å². The first-order valence-corrected chi connectivity index (χ1v) is 13.1. The molecule has 202 valence electrons. The minimum Gasteiger partial charge on any atom is -0.497 e. The van der Waals surface area contributed by atoms with E-state index in [4.69, 9.17) is 14.2 Å². The Kier molecular flexibility index (Phi) is 14.2. The molecule has 0 fully saturated rings. The Bertz CT molecular complexity index is 921. The molecule has 0 unspecified atom stereocenters. The van der Waals surface area contributed by atoms with Crippen LogP contribution in [-0.4, -0.2) is 37.5 Å². The van der Waals surface area contributed by atoms with E-state index in [2.05, 4.69) is 26.0 Å². The first kappa shape index (κ1) is 31.5. The van der Waals surface area contributed by atoms with Crippen molar-refractivity contribution in [3.05, 3.63) is 58.2 Å². The van der Waals surface area contributed by atoms with E-state index in [0.29, 0.717) is 18.6 Å². The molecule has 0 saturated heterocycles. The molecule has 5 heteroatoms. The van der Waals surface area contributed by atoms with Crippen molar-refractivity contribution in [1.29, 1.82) is 0 Å². The number of carbonyl (C=O) groups excluding carboxylic acids is 1. The van der Waals surface area contributed by atoms with Gasteiger partial charge in [-0.2, -0.15) is 0 Å². The largest absolute Gasteiger partial charge is 0.497 e. The molecule has 0 bridgehead atoms. The van der Waals surface area contributed by atoms with Crippen LogP contribution in [0.3, 0.4) is 0 Å². The highest BCUT2D eigenvalue weighted by atomic mass is 16.5. The number of carbonyl (C=O) groups is 1. The van der Waals surface area contributed by atoms with Crippen molar-refractivity contribution in [3.63, 3.8) is 0 Å². The predicted octanol–water partition coefficient (Wildman–Crippen LogP) is 7.44. The second-order valence-electron chi connectivity index (χ2n) is 9.96. The van der Waals surface area contributed by atoms with E-state index < -0.39 is 5.60 Å². The third kappa shape index (κ3) is 11.9. The standard InChI is InChI=1S/C31H48O5/c1-9-36-30(32)25(4)17-11-15-23(2)13-10-14-24(3)16-12-19-31(6,33)20-18-27-22-28(34-7)21-26(5)29(27)35-8/h13,16-17,21-22,33H,9-12,14-15,18-20H2,1-8H3/b23-13+,24-16+,25-17+/t31-/m1/s1. The zero-order chi connectivity index (χ0) is 27.1. The third-order valence-corrected chi connectivity index (χ3v) is 6.49. The van der Waals surface area contributed by atoms with E-state index in [9.17, 15) is 9.90 Å². The number of aliphatic hydroxyl groups is 1. The van der Waals surface area contributed by atoms with Crippen LogP contribution in [0.5, 0.6) is 11.5 Å². The first-order valence-electron chi connectivity index (χ1n) is 13.1. The molecule has 0 amide bonds. The van der Waals surface area contributed by atoms with Crippen LogP contribution in [-0.2, 0) is 16.0 Å². The highest BCUT2D eigenvalue weighted by molar-refractivity contribution is 5.87. The van der Waals surface area contributed by atoms with Gasteiger partial charge >= 0.3 is 5.97 Å². The van der Waals surface area contributed by atoms with E-state index in [-0.39, 0.29) is 5.97 Å². The lowest BCUT2D eigenvalue weighted by Gasteiger charge is -2.24. The average Bonchev–Trinajstić information content (AvgIpc) is 2.82. The maximum absolute atomic E-state index is 11.6. The lowest BCUT2D eigenvalue weighted by Crippen LogP contribution is -2.24.